The topological polar surface area (TPSA) is 63.4 Å². The van der Waals surface area contributed by atoms with E-state index in [1.54, 1.807) is 24.3 Å². The van der Waals surface area contributed by atoms with Crippen LogP contribution in [0.3, 0.4) is 0 Å². The number of nitrogens with zero attached hydrogens (tertiary/aromatic N) is 1. The molecular formula is C20H22N2O2. The third-order valence-corrected chi connectivity index (χ3v) is 4.62. The zero-order valence-electron chi connectivity index (χ0n) is 13.7. The number of hydrogen-bond donors (Lipinski definition) is 1. The molecule has 0 bridgehead atoms. The minimum Gasteiger partial charge on any atom is -0.366 e. The summed E-state index contributed by atoms with van der Waals surface area (Å²) in [6, 6.07) is 17.1. The predicted molar refractivity (Wildman–Crippen MR) is 93.8 cm³/mol. The molecule has 0 radical (unpaired) electrons. The first-order chi connectivity index (χ1) is 11.6. The van der Waals surface area contributed by atoms with Gasteiger partial charge in [0.05, 0.1) is 0 Å². The van der Waals surface area contributed by atoms with E-state index in [2.05, 4.69) is 12.1 Å². The summed E-state index contributed by atoms with van der Waals surface area (Å²) in [5.74, 6) is -0.444. The molecule has 1 saturated heterocycles. The maximum absolute atomic E-state index is 12.9. The quantitative estimate of drug-likeness (QED) is 0.940. The molecule has 3 rings (SSSR count). The van der Waals surface area contributed by atoms with Crippen LogP contribution in [0.25, 0.3) is 0 Å². The molecule has 2 N–H and O–H groups in total. The molecule has 1 atom stereocenters. The van der Waals surface area contributed by atoms with E-state index in [0.717, 1.165) is 32.2 Å². The van der Waals surface area contributed by atoms with Crippen LogP contribution in [0.2, 0.25) is 0 Å². The fraction of sp³-hybridized carbons (Fsp3) is 0.300. The molecule has 0 spiro atoms. The highest BCUT2D eigenvalue weighted by Gasteiger charge is 2.27. The second-order valence-electron chi connectivity index (χ2n) is 6.28. The Morgan fingerprint density at radius 3 is 2.29 bits per heavy atom. The maximum Gasteiger partial charge on any atom is 0.254 e. The lowest BCUT2D eigenvalue weighted by Gasteiger charge is -2.36. The van der Waals surface area contributed by atoms with E-state index in [9.17, 15) is 9.59 Å². The van der Waals surface area contributed by atoms with Gasteiger partial charge in [-0.25, -0.2) is 0 Å². The fourth-order valence-corrected chi connectivity index (χ4v) is 3.31. The van der Waals surface area contributed by atoms with Crippen molar-refractivity contribution in [1.82, 2.24) is 4.90 Å². The second kappa shape index (κ2) is 7.30. The minimum absolute atomic E-state index is 0.0339. The molecule has 1 aliphatic heterocycles. The highest BCUT2D eigenvalue weighted by molar-refractivity contribution is 5.97. The molecule has 4 heteroatoms. The summed E-state index contributed by atoms with van der Waals surface area (Å²) >= 11 is 0. The van der Waals surface area contributed by atoms with Crippen LogP contribution in [0.15, 0.2) is 54.6 Å². The van der Waals surface area contributed by atoms with Crippen LogP contribution in [0.5, 0.6) is 0 Å². The molecule has 24 heavy (non-hydrogen) atoms. The third-order valence-electron chi connectivity index (χ3n) is 4.62. The lowest BCUT2D eigenvalue weighted by atomic mass is 9.94. The molecule has 2 aromatic rings. The Morgan fingerprint density at radius 1 is 0.958 bits per heavy atom. The number of hydrogen-bond acceptors (Lipinski definition) is 2. The number of piperidine rings is 1. The normalized spacial score (nSPS) is 17.5. The Balaban J connectivity index is 1.76. The van der Waals surface area contributed by atoms with E-state index in [4.69, 9.17) is 5.73 Å². The number of nitrogens with two attached hydrogens (primary N) is 1. The molecule has 4 nitrogen and oxygen atoms in total. The molecule has 1 fully saturated rings. The number of amides is 2. The van der Waals surface area contributed by atoms with Gasteiger partial charge in [-0.1, -0.05) is 30.3 Å². The Hall–Kier alpha value is -2.62. The molecule has 0 saturated carbocycles. The van der Waals surface area contributed by atoms with Crippen molar-refractivity contribution < 1.29 is 9.59 Å². The smallest absolute Gasteiger partial charge is 0.254 e. The highest BCUT2D eigenvalue weighted by Crippen LogP contribution is 2.23. The first-order valence-corrected chi connectivity index (χ1v) is 8.40. The standard InChI is InChI=1S/C20H22N2O2/c21-19(23)16-9-11-17(12-10-16)20(24)22-13-5-4-8-18(22)14-15-6-2-1-3-7-15/h1-3,6-7,9-12,18H,4-5,8,13-14H2,(H2,21,23)/t18-/m1/s1. The van der Waals surface area contributed by atoms with E-state index >= 15 is 0 Å². The van der Waals surface area contributed by atoms with Gasteiger partial charge >= 0.3 is 0 Å². The van der Waals surface area contributed by atoms with E-state index in [-0.39, 0.29) is 11.9 Å². The third kappa shape index (κ3) is 3.65. The monoisotopic (exact) mass is 322 g/mol. The lowest BCUT2D eigenvalue weighted by molar-refractivity contribution is 0.0613. The van der Waals surface area contributed by atoms with Gasteiger partial charge in [0, 0.05) is 23.7 Å². The van der Waals surface area contributed by atoms with Crippen molar-refractivity contribution in [3.8, 4) is 0 Å². The van der Waals surface area contributed by atoms with Crippen molar-refractivity contribution in [2.24, 2.45) is 5.73 Å². The van der Waals surface area contributed by atoms with Gasteiger partial charge in [0.25, 0.3) is 5.91 Å². The fourth-order valence-electron chi connectivity index (χ4n) is 3.31. The summed E-state index contributed by atoms with van der Waals surface area (Å²) in [6.45, 7) is 0.786. The zero-order chi connectivity index (χ0) is 16.9. The Bertz CT molecular complexity index is 710. The van der Waals surface area contributed by atoms with Crippen molar-refractivity contribution in [3.05, 3.63) is 71.3 Å². The van der Waals surface area contributed by atoms with Gasteiger partial charge in [0.2, 0.25) is 5.91 Å². The van der Waals surface area contributed by atoms with E-state index in [1.165, 1.54) is 5.56 Å². The van der Waals surface area contributed by atoms with Crippen molar-refractivity contribution in [1.29, 1.82) is 0 Å². The van der Waals surface area contributed by atoms with Crippen LogP contribution < -0.4 is 5.73 Å². The number of benzene rings is 2. The van der Waals surface area contributed by atoms with Gasteiger partial charge in [-0.2, -0.15) is 0 Å². The number of primary amides is 1. The summed E-state index contributed by atoms with van der Waals surface area (Å²) in [5, 5.41) is 0. The largest absolute Gasteiger partial charge is 0.366 e. The number of likely N-dealkylation sites (tertiary alicyclic amines) is 1. The molecule has 0 aromatic heterocycles. The van der Waals surface area contributed by atoms with Crippen LogP contribution in [-0.2, 0) is 6.42 Å². The summed E-state index contributed by atoms with van der Waals surface area (Å²) in [7, 11) is 0. The van der Waals surface area contributed by atoms with Crippen molar-refractivity contribution in [2.45, 2.75) is 31.7 Å². The van der Waals surface area contributed by atoms with Crippen LogP contribution >= 0.6 is 0 Å². The molecular weight excluding hydrogens is 300 g/mol. The van der Waals surface area contributed by atoms with Crippen LogP contribution in [-0.4, -0.2) is 29.3 Å². The number of rotatable bonds is 4. The average Bonchev–Trinajstić information content (AvgIpc) is 2.62. The first kappa shape index (κ1) is 16.2. The lowest BCUT2D eigenvalue weighted by Crippen LogP contribution is -2.44. The van der Waals surface area contributed by atoms with E-state index in [1.807, 2.05) is 23.1 Å². The van der Waals surface area contributed by atoms with Gasteiger partial charge in [-0.3, -0.25) is 9.59 Å². The summed E-state index contributed by atoms with van der Waals surface area (Å²) in [5.41, 5.74) is 7.55. The molecule has 0 unspecified atom stereocenters. The minimum atomic E-state index is -0.478. The average molecular weight is 322 g/mol. The van der Waals surface area contributed by atoms with Crippen LogP contribution in [0, 0.1) is 0 Å². The summed E-state index contributed by atoms with van der Waals surface area (Å²) in [4.78, 5) is 26.0. The van der Waals surface area contributed by atoms with E-state index < -0.39 is 5.91 Å². The van der Waals surface area contributed by atoms with Gasteiger partial charge in [0.1, 0.15) is 0 Å². The van der Waals surface area contributed by atoms with Crippen LogP contribution in [0.4, 0.5) is 0 Å². The first-order valence-electron chi connectivity index (χ1n) is 8.40. The second-order valence-corrected chi connectivity index (χ2v) is 6.28. The Labute approximate surface area is 142 Å². The highest BCUT2D eigenvalue weighted by atomic mass is 16.2. The van der Waals surface area contributed by atoms with Gasteiger partial charge in [-0.05, 0) is 55.5 Å². The van der Waals surface area contributed by atoms with Crippen molar-refractivity contribution in [2.75, 3.05) is 6.54 Å². The van der Waals surface area contributed by atoms with Gasteiger partial charge in [-0.15, -0.1) is 0 Å². The van der Waals surface area contributed by atoms with Gasteiger partial charge in [0.15, 0.2) is 0 Å². The SMILES string of the molecule is NC(=O)c1ccc(C(=O)N2CCCC[C@@H]2Cc2ccccc2)cc1. The molecule has 124 valence electrons. The molecule has 0 aliphatic carbocycles. The predicted octanol–water partition coefficient (Wildman–Crippen LogP) is 3.02. The number of carbonyl (C=O) groups excluding carboxylic acids is 2. The van der Waals surface area contributed by atoms with Gasteiger partial charge < -0.3 is 10.6 Å². The number of carbonyl (C=O) groups is 2. The van der Waals surface area contributed by atoms with E-state index in [0.29, 0.717) is 11.1 Å². The Morgan fingerprint density at radius 2 is 1.62 bits per heavy atom. The molecule has 1 aliphatic rings. The van der Waals surface area contributed by atoms with Crippen LogP contribution in [0.1, 0.15) is 45.5 Å². The van der Waals surface area contributed by atoms with Crippen molar-refractivity contribution in [3.63, 3.8) is 0 Å². The molecule has 1 heterocycles. The van der Waals surface area contributed by atoms with Crippen molar-refractivity contribution >= 4 is 11.8 Å². The summed E-state index contributed by atoms with van der Waals surface area (Å²) in [6.07, 6.45) is 4.10. The molecule has 2 amide bonds. The summed E-state index contributed by atoms with van der Waals surface area (Å²) < 4.78 is 0. The maximum atomic E-state index is 12.9. The zero-order valence-corrected chi connectivity index (χ0v) is 13.7. The molecule has 2 aromatic carbocycles. The Kier molecular flexibility index (Phi) is 4.94.